The number of para-hydroxylation sites is 12. The summed E-state index contributed by atoms with van der Waals surface area (Å²) in [6.45, 7) is 37.3. The first-order valence-corrected chi connectivity index (χ1v) is 52.2. The van der Waals surface area contributed by atoms with E-state index in [0.29, 0.717) is 6.17 Å². The van der Waals surface area contributed by atoms with Gasteiger partial charge in [-0.2, -0.15) is 0 Å². The van der Waals surface area contributed by atoms with Crippen LogP contribution >= 0.6 is 0 Å². The number of furan rings is 6. The Labute approximate surface area is 894 Å². The van der Waals surface area contributed by atoms with Crippen molar-refractivity contribution in [1.82, 2.24) is 14.7 Å². The molecule has 0 fully saturated rings. The summed E-state index contributed by atoms with van der Waals surface area (Å²) in [7, 11) is 4.25. The summed E-state index contributed by atoms with van der Waals surface area (Å²) in [5, 5.41) is 13.5. The quantitative estimate of drug-likeness (QED) is 0.129. The molecule has 0 N–H and O–H groups in total. The molecule has 0 spiro atoms. The lowest BCUT2D eigenvalue weighted by atomic mass is 10.1. The third kappa shape index (κ3) is 16.2. The molecule has 0 aliphatic carbocycles. The first-order chi connectivity index (χ1) is 76.1. The number of nitrogens with zero attached hydrogens (tertiary/aromatic N) is 12. The van der Waals surface area contributed by atoms with E-state index < -0.39 is 38.8 Å². The average Bonchev–Trinajstić information content (AvgIpc) is 1.40. The van der Waals surface area contributed by atoms with E-state index in [0.717, 1.165) is 200 Å². The van der Waals surface area contributed by atoms with Crippen LogP contribution in [0.2, 0.25) is 0 Å². The molecule has 6 aliphatic heterocycles. The van der Waals surface area contributed by atoms with E-state index in [1.54, 1.807) is 32.6 Å². The number of hydrogen-bond donors (Lipinski definition) is 0. The van der Waals surface area contributed by atoms with Crippen LogP contribution in [0, 0.1) is 83.1 Å². The maximum Gasteiger partial charge on any atom is 0.159 e. The lowest BCUT2D eigenvalue weighted by Gasteiger charge is -2.33. The Morgan fingerprint density at radius 2 is 0.527 bits per heavy atom. The van der Waals surface area contributed by atoms with Gasteiger partial charge in [0.25, 0.3) is 0 Å². The van der Waals surface area contributed by atoms with Crippen LogP contribution in [0.3, 0.4) is 0 Å². The molecule has 2 unspecified atom stereocenters. The van der Waals surface area contributed by atoms with E-state index >= 15 is 0 Å². The summed E-state index contributed by atoms with van der Waals surface area (Å²) in [6, 6.07) is 86.7. The fourth-order valence-electron chi connectivity index (χ4n) is 23.7. The predicted octanol–water partition coefficient (Wildman–Crippen LogP) is 35.1. The van der Waals surface area contributed by atoms with Crippen LogP contribution in [0.15, 0.2) is 318 Å². The maximum absolute atomic E-state index is 8.42. The minimum absolute atomic E-state index is 0.112. The number of benzene rings is 15. The third-order valence-corrected chi connectivity index (χ3v) is 31.8. The molecule has 18 nitrogen and oxygen atoms in total. The Bertz CT molecular complexity index is 9440. The zero-order valence-corrected chi connectivity index (χ0v) is 90.1. The zero-order chi connectivity index (χ0) is 113. The Morgan fingerprint density at radius 1 is 0.247 bits per heavy atom. The van der Waals surface area contributed by atoms with Crippen LogP contribution in [-0.4, -0.2) is 90.9 Å². The summed E-state index contributed by atoms with van der Waals surface area (Å²) in [6.07, 6.45) is 11.7. The third-order valence-electron chi connectivity index (χ3n) is 31.8. The molecule has 762 valence electrons. The Morgan fingerprint density at radius 3 is 0.860 bits per heavy atom. The van der Waals surface area contributed by atoms with Crippen LogP contribution in [0.1, 0.15) is 163 Å². The summed E-state index contributed by atoms with van der Waals surface area (Å²) in [4.78, 5) is 25.3. The molecule has 6 aromatic heterocycles. The standard InChI is InChI=1S/C25H26N2O.C24H24N2O.C23H22N2O.C21H24N2O.C20H22N2O.C19H20N2O/c1-15(2)26-18(5)27(22-12-7-6-11-21(22)26)23-16(3)13-14-20-19-10-8-9-17(4)24(19)28-25(20)23;1-5-25-17(4)26(21-12-7-6-11-20(21)25)22-15(2)13-14-19-18-10-8-9-16(3)23(18)27-24(19)22;1-14-12-13-18-17-9-7-8-15(2)22(17)26-23(18)21(14)25-16(3)24(4)19-10-5-6-11-20(19)25;1-13(2)22-11-12-23(16(22)5)19-14(3)9-10-18-17-8-6-7-15(4)20(17)24-21(18)19;1-5-21-11-12-22(15(21)4)18-13(2)9-10-17-16-8-6-7-14(3)19(16)23-20(17)18;1-12-8-9-16-15-7-5-6-13(2)18(15)22-19(16)17(12)21-11-10-20(4)14(21)3/h6-15,18H,1-5H3;6-14,17H,5H2,1-4H3;5-13,16H,1-4H3;6-13,16H,1-5H3;6-12,15H,5H2,1-4H3;5-11,14H,1-4H3/t18-;17-;2*16-;15-;14-/m111111/s1/i1D3;5D2;;1D3;5D2;/t15?,18-;m;;13?,16-;m;. The number of rotatable bonds is 10. The number of anilines is 12. The zero-order valence-electron chi connectivity index (χ0n) is 100. The van der Waals surface area contributed by atoms with Crippen LogP contribution in [0.5, 0.6) is 0 Å². The van der Waals surface area contributed by atoms with E-state index in [1.165, 1.54) is 66.5 Å². The monoisotopic (exact) mass is 2000 g/mol. The van der Waals surface area contributed by atoms with Crippen LogP contribution in [-0.2, 0) is 0 Å². The number of fused-ring (bicyclic) bond motifs is 21. The molecule has 27 rings (SSSR count). The molecule has 8 atom stereocenters. The highest BCUT2D eigenvalue weighted by Gasteiger charge is 2.41. The molecule has 21 aromatic rings. The molecular formula is C132H138N12O6. The van der Waals surface area contributed by atoms with Crippen molar-refractivity contribution in [1.29, 1.82) is 0 Å². The number of aryl methyl sites for hydroxylation is 12. The van der Waals surface area contributed by atoms with Crippen LogP contribution in [0.4, 0.5) is 68.2 Å². The summed E-state index contributed by atoms with van der Waals surface area (Å²) < 4.78 is 119. The van der Waals surface area contributed by atoms with Gasteiger partial charge in [-0.1, -0.05) is 218 Å². The Balaban J connectivity index is 0.000000107. The van der Waals surface area contributed by atoms with Gasteiger partial charge in [0, 0.05) is 155 Å². The van der Waals surface area contributed by atoms with Crippen LogP contribution in [0.25, 0.3) is 132 Å². The Hall–Kier alpha value is -16.1. The lowest BCUT2D eigenvalue weighted by molar-refractivity contribution is 0.263. The molecule has 0 bridgehead atoms. The van der Waals surface area contributed by atoms with E-state index in [-0.39, 0.29) is 30.8 Å². The van der Waals surface area contributed by atoms with Crippen LogP contribution < -0.4 is 44.1 Å². The summed E-state index contributed by atoms with van der Waals surface area (Å²) >= 11 is 0. The van der Waals surface area contributed by atoms with Crippen molar-refractivity contribution in [2.75, 3.05) is 71.2 Å². The fourth-order valence-corrected chi connectivity index (χ4v) is 23.7. The Kier molecular flexibility index (Phi) is 22.5. The highest BCUT2D eigenvalue weighted by molar-refractivity contribution is 6.17. The van der Waals surface area contributed by atoms with Crippen molar-refractivity contribution in [3.8, 4) is 0 Å². The van der Waals surface area contributed by atoms with Crippen molar-refractivity contribution in [2.45, 2.75) is 215 Å². The molecule has 15 aromatic carbocycles. The molecule has 0 radical (unpaired) electrons. The van der Waals surface area contributed by atoms with Gasteiger partial charge >= 0.3 is 0 Å². The van der Waals surface area contributed by atoms with Crippen molar-refractivity contribution in [3.05, 3.63) is 359 Å². The van der Waals surface area contributed by atoms with Gasteiger partial charge in [0.15, 0.2) is 33.5 Å². The molecule has 18 heteroatoms. The minimum Gasteiger partial charge on any atom is -0.454 e. The largest absolute Gasteiger partial charge is 0.454 e. The maximum atomic E-state index is 8.42. The van der Waals surface area contributed by atoms with Gasteiger partial charge in [-0.3, -0.25) is 0 Å². The topological polar surface area (TPSA) is 118 Å². The lowest BCUT2D eigenvalue weighted by Crippen LogP contribution is -2.42. The molecule has 0 saturated carbocycles. The second-order valence-corrected chi connectivity index (χ2v) is 41.2. The SMILES string of the molecule is Cc1ccc2c(oc3c(C)cccc32)c1N1C=CN(C)[C@H]1C.Cc1ccc2c(oc3c(C)cccc32)c1N1c2ccccc2N(C)[C@H]1C.[2H]C([2H])(C)N1C=CN(c2c(C)ccc3c2oc2c(C)cccc23)[C@@H]1C.[2H]C([2H])(C)N1c2ccccc2N(c2c(C)ccc3c2oc2c(C)cccc23)[C@@H]1C.[2H]C([2H])([2H])C(C)N1C=CN(c2c(C)ccc3c2oc2c(C)cccc23)[C@@H]1C.[2H]C([2H])([2H])C(C)N1c2ccccc2N(c2c(C)ccc3c2oc2c(C)cccc23)[C@@H]1C. The average molecular weight is 2000 g/mol. The van der Waals surface area contributed by atoms with Gasteiger partial charge in [-0.15, -0.1) is 0 Å². The molecule has 0 saturated heterocycles. The van der Waals surface area contributed by atoms with Crippen molar-refractivity contribution >= 4 is 200 Å². The van der Waals surface area contributed by atoms with Gasteiger partial charge in [-0.25, -0.2) is 0 Å². The number of hydrogen-bond acceptors (Lipinski definition) is 18. The van der Waals surface area contributed by atoms with Crippen molar-refractivity contribution in [3.63, 3.8) is 0 Å². The molecular weight excluding hydrogens is 1850 g/mol. The summed E-state index contributed by atoms with van der Waals surface area (Å²) in [5.41, 5.74) is 37.3. The second-order valence-electron chi connectivity index (χ2n) is 41.2. The van der Waals surface area contributed by atoms with E-state index in [4.69, 9.17) is 40.2 Å². The van der Waals surface area contributed by atoms with Gasteiger partial charge in [0.05, 0.1) is 68.2 Å². The van der Waals surface area contributed by atoms with Gasteiger partial charge in [-0.05, 0) is 269 Å². The van der Waals surface area contributed by atoms with Crippen molar-refractivity contribution in [2.24, 2.45) is 0 Å². The highest BCUT2D eigenvalue weighted by atomic mass is 16.4. The van der Waals surface area contributed by atoms with Gasteiger partial charge in [0.1, 0.15) is 70.5 Å². The molecule has 6 aliphatic rings. The molecule has 150 heavy (non-hydrogen) atoms. The normalized spacial score (nSPS) is 18.9. The summed E-state index contributed by atoms with van der Waals surface area (Å²) in [5.74, 6) is 0. The highest BCUT2D eigenvalue weighted by Crippen LogP contribution is 2.55. The smallest absolute Gasteiger partial charge is 0.159 e. The van der Waals surface area contributed by atoms with E-state index in [2.05, 4.69) is 382 Å². The van der Waals surface area contributed by atoms with Gasteiger partial charge in [0.2, 0.25) is 0 Å². The van der Waals surface area contributed by atoms with Crippen molar-refractivity contribution < 1.29 is 40.2 Å². The first-order valence-electron chi connectivity index (χ1n) is 57.2. The minimum atomic E-state index is -2.09. The molecule has 12 heterocycles. The predicted molar refractivity (Wildman–Crippen MR) is 633 cm³/mol. The fraction of sp³-hybridized carbons (Fsp3) is 0.273. The second kappa shape index (κ2) is 38.9. The first kappa shape index (κ1) is 87.0. The van der Waals surface area contributed by atoms with E-state index in [1.807, 2.05) is 103 Å². The molecule has 0 amide bonds. The van der Waals surface area contributed by atoms with Gasteiger partial charge < -0.3 is 85.3 Å². The van der Waals surface area contributed by atoms with E-state index in [9.17, 15) is 0 Å².